The lowest BCUT2D eigenvalue weighted by Gasteiger charge is -2.25. The number of nitrogens with zero attached hydrogens (tertiary/aromatic N) is 1. The predicted octanol–water partition coefficient (Wildman–Crippen LogP) is 2.01. The van der Waals surface area contributed by atoms with Crippen molar-refractivity contribution in [1.82, 2.24) is 10.2 Å². The van der Waals surface area contributed by atoms with Crippen LogP contribution >= 0.6 is 0 Å². The zero-order chi connectivity index (χ0) is 12.8. The van der Waals surface area contributed by atoms with E-state index in [9.17, 15) is 4.79 Å². The minimum Gasteiger partial charge on any atom is -0.445 e. The molecule has 1 heterocycles. The van der Waals surface area contributed by atoms with Crippen molar-refractivity contribution in [3.8, 4) is 0 Å². The summed E-state index contributed by atoms with van der Waals surface area (Å²) in [5.74, 6) is 0. The number of hydrogen-bond acceptors (Lipinski definition) is 3. The summed E-state index contributed by atoms with van der Waals surface area (Å²) in [6.45, 7) is 4.95. The van der Waals surface area contributed by atoms with E-state index in [2.05, 4.69) is 5.32 Å². The molecule has 18 heavy (non-hydrogen) atoms. The number of ether oxygens (including phenoxy) is 1. The van der Waals surface area contributed by atoms with Gasteiger partial charge in [0.2, 0.25) is 0 Å². The van der Waals surface area contributed by atoms with Gasteiger partial charge in [-0.05, 0) is 25.5 Å². The van der Waals surface area contributed by atoms with E-state index in [4.69, 9.17) is 4.74 Å². The van der Waals surface area contributed by atoms with Crippen LogP contribution in [0.15, 0.2) is 30.3 Å². The summed E-state index contributed by atoms with van der Waals surface area (Å²) in [5.41, 5.74) is 1.02. The standard InChI is InChI=1S/C14H20N2O2/c1-12-10-15-8-5-9-16(12)14(17)18-11-13-6-3-2-4-7-13/h2-4,6-7,12,15H,5,8-11H2,1H3. The maximum atomic E-state index is 12.0. The van der Waals surface area contributed by atoms with Crippen molar-refractivity contribution in [2.45, 2.75) is 26.0 Å². The quantitative estimate of drug-likeness (QED) is 0.870. The summed E-state index contributed by atoms with van der Waals surface area (Å²) in [6.07, 6.45) is 0.764. The van der Waals surface area contributed by atoms with Crippen LogP contribution in [0.4, 0.5) is 4.79 Å². The minimum atomic E-state index is -0.213. The van der Waals surface area contributed by atoms with Gasteiger partial charge in [-0.3, -0.25) is 0 Å². The number of benzene rings is 1. The Kier molecular flexibility index (Phi) is 4.59. The molecule has 1 fully saturated rings. The monoisotopic (exact) mass is 248 g/mol. The second-order valence-corrected chi connectivity index (χ2v) is 4.64. The second-order valence-electron chi connectivity index (χ2n) is 4.64. The number of carbonyl (C=O) groups is 1. The van der Waals surface area contributed by atoms with Gasteiger partial charge in [0.25, 0.3) is 0 Å². The Balaban J connectivity index is 1.87. The zero-order valence-corrected chi connectivity index (χ0v) is 10.8. The van der Waals surface area contributed by atoms with Gasteiger partial charge in [-0.2, -0.15) is 0 Å². The Labute approximate surface area is 108 Å². The summed E-state index contributed by atoms with van der Waals surface area (Å²) < 4.78 is 5.35. The molecule has 0 aliphatic carbocycles. The van der Waals surface area contributed by atoms with E-state index in [1.165, 1.54) is 0 Å². The van der Waals surface area contributed by atoms with Crippen LogP contribution < -0.4 is 5.32 Å². The van der Waals surface area contributed by atoms with Crippen LogP contribution in [0, 0.1) is 0 Å². The summed E-state index contributed by atoms with van der Waals surface area (Å²) in [7, 11) is 0. The molecular weight excluding hydrogens is 228 g/mol. The molecule has 0 saturated carbocycles. The zero-order valence-electron chi connectivity index (χ0n) is 10.8. The minimum absolute atomic E-state index is 0.191. The third kappa shape index (κ3) is 3.47. The second kappa shape index (κ2) is 6.40. The van der Waals surface area contributed by atoms with Crippen molar-refractivity contribution in [3.63, 3.8) is 0 Å². The average molecular weight is 248 g/mol. The van der Waals surface area contributed by atoms with Crippen molar-refractivity contribution in [2.24, 2.45) is 0 Å². The summed E-state index contributed by atoms with van der Waals surface area (Å²) in [4.78, 5) is 13.8. The SMILES string of the molecule is CC1CNCCCN1C(=O)OCc1ccccc1. The van der Waals surface area contributed by atoms with E-state index in [0.717, 1.165) is 31.6 Å². The fourth-order valence-electron chi connectivity index (χ4n) is 2.09. The van der Waals surface area contributed by atoms with Gasteiger partial charge < -0.3 is 15.0 Å². The molecule has 1 aromatic carbocycles. The molecule has 4 nitrogen and oxygen atoms in total. The highest BCUT2D eigenvalue weighted by molar-refractivity contribution is 5.68. The number of amides is 1. The van der Waals surface area contributed by atoms with Gasteiger partial charge in [0.05, 0.1) is 0 Å². The Hall–Kier alpha value is -1.55. The van der Waals surface area contributed by atoms with Gasteiger partial charge in [0.15, 0.2) is 0 Å². The largest absolute Gasteiger partial charge is 0.445 e. The normalized spacial score (nSPS) is 20.3. The number of hydrogen-bond donors (Lipinski definition) is 1. The molecule has 4 heteroatoms. The van der Waals surface area contributed by atoms with Crippen molar-refractivity contribution < 1.29 is 9.53 Å². The fourth-order valence-corrected chi connectivity index (χ4v) is 2.09. The first-order valence-corrected chi connectivity index (χ1v) is 6.45. The molecule has 1 atom stereocenters. The summed E-state index contributed by atoms with van der Waals surface area (Å²) in [5, 5.41) is 3.31. The van der Waals surface area contributed by atoms with Crippen LogP contribution in [0.25, 0.3) is 0 Å². The lowest BCUT2D eigenvalue weighted by molar-refractivity contribution is 0.0861. The van der Waals surface area contributed by atoms with Crippen molar-refractivity contribution >= 4 is 6.09 Å². The molecule has 1 amide bonds. The first kappa shape index (κ1) is 12.9. The van der Waals surface area contributed by atoms with E-state index in [-0.39, 0.29) is 12.1 Å². The molecule has 0 spiro atoms. The van der Waals surface area contributed by atoms with Gasteiger partial charge in [-0.15, -0.1) is 0 Å². The van der Waals surface area contributed by atoms with E-state index < -0.39 is 0 Å². The number of nitrogens with one attached hydrogen (secondary N) is 1. The Morgan fingerprint density at radius 3 is 3.00 bits per heavy atom. The van der Waals surface area contributed by atoms with Crippen LogP contribution in [0.2, 0.25) is 0 Å². The molecule has 0 bridgehead atoms. The first-order valence-electron chi connectivity index (χ1n) is 6.45. The smallest absolute Gasteiger partial charge is 0.410 e. The predicted molar refractivity (Wildman–Crippen MR) is 70.3 cm³/mol. The third-order valence-corrected chi connectivity index (χ3v) is 3.16. The van der Waals surface area contributed by atoms with E-state index >= 15 is 0 Å². The molecule has 1 aromatic rings. The molecule has 1 saturated heterocycles. The Bertz CT molecular complexity index is 381. The van der Waals surface area contributed by atoms with Crippen molar-refractivity contribution in [1.29, 1.82) is 0 Å². The van der Waals surface area contributed by atoms with Crippen LogP contribution in [0.5, 0.6) is 0 Å². The van der Waals surface area contributed by atoms with Gasteiger partial charge in [0.1, 0.15) is 6.61 Å². The highest BCUT2D eigenvalue weighted by Gasteiger charge is 2.22. The molecule has 0 radical (unpaired) electrons. The van der Waals surface area contributed by atoms with Crippen LogP contribution in [0.3, 0.4) is 0 Å². The average Bonchev–Trinajstić information content (AvgIpc) is 2.62. The summed E-state index contributed by atoms with van der Waals surface area (Å²) >= 11 is 0. The van der Waals surface area contributed by atoms with Crippen molar-refractivity contribution in [2.75, 3.05) is 19.6 Å². The van der Waals surface area contributed by atoms with Crippen LogP contribution in [-0.2, 0) is 11.3 Å². The van der Waals surface area contributed by atoms with Crippen LogP contribution in [-0.4, -0.2) is 36.7 Å². The number of rotatable bonds is 2. The van der Waals surface area contributed by atoms with E-state index in [1.54, 1.807) is 0 Å². The molecule has 1 unspecified atom stereocenters. The highest BCUT2D eigenvalue weighted by Crippen LogP contribution is 2.08. The molecular formula is C14H20N2O2. The lowest BCUT2D eigenvalue weighted by atomic mass is 10.2. The fraction of sp³-hybridized carbons (Fsp3) is 0.500. The van der Waals surface area contributed by atoms with E-state index in [1.807, 2.05) is 42.2 Å². The molecule has 1 N–H and O–H groups in total. The summed E-state index contributed by atoms with van der Waals surface area (Å²) in [6, 6.07) is 9.95. The first-order chi connectivity index (χ1) is 8.77. The topological polar surface area (TPSA) is 41.6 Å². The van der Waals surface area contributed by atoms with Gasteiger partial charge in [-0.25, -0.2) is 4.79 Å². The number of carbonyl (C=O) groups excluding carboxylic acids is 1. The maximum absolute atomic E-state index is 12.0. The van der Waals surface area contributed by atoms with Gasteiger partial charge in [0, 0.05) is 19.1 Å². The maximum Gasteiger partial charge on any atom is 0.410 e. The molecule has 1 aliphatic heterocycles. The Morgan fingerprint density at radius 2 is 2.22 bits per heavy atom. The molecule has 2 rings (SSSR count). The molecule has 0 aromatic heterocycles. The molecule has 1 aliphatic rings. The van der Waals surface area contributed by atoms with Crippen molar-refractivity contribution in [3.05, 3.63) is 35.9 Å². The lowest BCUT2D eigenvalue weighted by Crippen LogP contribution is -2.41. The van der Waals surface area contributed by atoms with Gasteiger partial charge >= 0.3 is 6.09 Å². The van der Waals surface area contributed by atoms with E-state index in [0.29, 0.717) is 6.61 Å². The van der Waals surface area contributed by atoms with Gasteiger partial charge in [-0.1, -0.05) is 30.3 Å². The third-order valence-electron chi connectivity index (χ3n) is 3.16. The van der Waals surface area contributed by atoms with Crippen LogP contribution in [0.1, 0.15) is 18.9 Å². The highest BCUT2D eigenvalue weighted by atomic mass is 16.6. The Morgan fingerprint density at radius 1 is 1.44 bits per heavy atom. The molecule has 98 valence electrons.